The third kappa shape index (κ3) is 3.42. The zero-order chi connectivity index (χ0) is 19.9. The number of likely N-dealkylation sites (tertiary alicyclic amines) is 1. The number of aromatic nitrogens is 4. The number of fused-ring (bicyclic) bond motifs is 1. The van der Waals surface area contributed by atoms with Crippen molar-refractivity contribution < 1.29 is 14.3 Å². The van der Waals surface area contributed by atoms with Gasteiger partial charge in [0.15, 0.2) is 5.65 Å². The Hall–Kier alpha value is -3.36. The van der Waals surface area contributed by atoms with Gasteiger partial charge in [0.2, 0.25) is 0 Å². The molecule has 1 fully saturated rings. The fourth-order valence-electron chi connectivity index (χ4n) is 2.98. The molecule has 4 rings (SSSR count). The second-order valence-corrected chi connectivity index (χ2v) is 7.66. The van der Waals surface area contributed by atoms with Crippen LogP contribution in [-0.2, 0) is 4.74 Å². The van der Waals surface area contributed by atoms with Gasteiger partial charge in [-0.2, -0.15) is 0 Å². The van der Waals surface area contributed by atoms with E-state index in [-0.39, 0.29) is 12.1 Å². The summed E-state index contributed by atoms with van der Waals surface area (Å²) >= 11 is 0. The monoisotopic (exact) mass is 382 g/mol. The molecule has 1 aliphatic rings. The van der Waals surface area contributed by atoms with Crippen molar-refractivity contribution in [2.24, 2.45) is 0 Å². The van der Waals surface area contributed by atoms with Gasteiger partial charge in [-0.25, -0.2) is 19.4 Å². The molecule has 3 aromatic rings. The molecule has 9 nitrogen and oxygen atoms in total. The van der Waals surface area contributed by atoms with Crippen LogP contribution >= 0.6 is 0 Å². The van der Waals surface area contributed by atoms with E-state index >= 15 is 0 Å². The Morgan fingerprint density at radius 1 is 1.18 bits per heavy atom. The molecule has 0 spiro atoms. The van der Waals surface area contributed by atoms with Gasteiger partial charge in [-0.3, -0.25) is 0 Å². The lowest BCUT2D eigenvalue weighted by molar-refractivity contribution is 0.0000116. The van der Waals surface area contributed by atoms with Crippen molar-refractivity contribution in [1.82, 2.24) is 24.6 Å². The molecule has 0 saturated carbocycles. The Morgan fingerprint density at radius 2 is 1.89 bits per heavy atom. The van der Waals surface area contributed by atoms with E-state index in [0.29, 0.717) is 41.6 Å². The molecule has 1 amide bonds. The normalized spacial score (nSPS) is 14.8. The molecule has 0 bridgehead atoms. The van der Waals surface area contributed by atoms with E-state index in [2.05, 4.69) is 15.1 Å². The maximum absolute atomic E-state index is 12.2. The summed E-state index contributed by atoms with van der Waals surface area (Å²) in [4.78, 5) is 22.2. The Bertz CT molecular complexity index is 1010. The van der Waals surface area contributed by atoms with Gasteiger partial charge in [0.1, 0.15) is 28.9 Å². The van der Waals surface area contributed by atoms with Crippen molar-refractivity contribution in [1.29, 1.82) is 0 Å². The second kappa shape index (κ2) is 6.66. The highest BCUT2D eigenvalue weighted by molar-refractivity contribution is 5.91. The summed E-state index contributed by atoms with van der Waals surface area (Å²) in [6.45, 7) is 6.48. The molecule has 9 heteroatoms. The molecule has 0 radical (unpaired) electrons. The minimum atomic E-state index is -0.529. The summed E-state index contributed by atoms with van der Waals surface area (Å²) in [5, 5.41) is 5.13. The van der Waals surface area contributed by atoms with Crippen LogP contribution in [0.15, 0.2) is 36.7 Å². The minimum Gasteiger partial charge on any atom is -0.444 e. The number of para-hydroxylation sites is 1. The van der Waals surface area contributed by atoms with Gasteiger partial charge in [0.05, 0.1) is 6.04 Å². The van der Waals surface area contributed by atoms with E-state index in [1.54, 1.807) is 9.58 Å². The van der Waals surface area contributed by atoms with Gasteiger partial charge in [-0.1, -0.05) is 18.2 Å². The van der Waals surface area contributed by atoms with Crippen molar-refractivity contribution in [3.05, 3.63) is 36.7 Å². The number of rotatable bonds is 3. The number of hydrogen-bond donors (Lipinski definition) is 1. The topological polar surface area (TPSA) is 108 Å². The third-order valence-corrected chi connectivity index (χ3v) is 4.30. The van der Waals surface area contributed by atoms with E-state index in [9.17, 15) is 4.79 Å². The molecular weight excluding hydrogens is 360 g/mol. The van der Waals surface area contributed by atoms with Crippen LogP contribution in [0.4, 0.5) is 10.6 Å². The lowest BCUT2D eigenvalue weighted by Gasteiger charge is -2.39. The van der Waals surface area contributed by atoms with Crippen LogP contribution in [0.3, 0.4) is 0 Å². The molecule has 0 unspecified atom stereocenters. The van der Waals surface area contributed by atoms with Gasteiger partial charge in [0, 0.05) is 13.1 Å². The van der Waals surface area contributed by atoms with E-state index < -0.39 is 5.60 Å². The average Bonchev–Trinajstić information content (AvgIpc) is 2.92. The Morgan fingerprint density at radius 3 is 2.57 bits per heavy atom. The number of nitrogens with zero attached hydrogens (tertiary/aromatic N) is 5. The standard InChI is InChI=1S/C19H22N6O3/c1-19(2,3)28-18(26)24-9-12(10-24)25-16-14(15(20)21-11-22-16)17(23-25)27-13-7-5-4-6-8-13/h4-8,11-12H,9-10H2,1-3H3,(H2,20,21,22). The summed E-state index contributed by atoms with van der Waals surface area (Å²) in [6.07, 6.45) is 1.06. The maximum Gasteiger partial charge on any atom is 0.410 e. The first kappa shape index (κ1) is 18.0. The van der Waals surface area contributed by atoms with Crippen LogP contribution in [0.5, 0.6) is 11.6 Å². The second-order valence-electron chi connectivity index (χ2n) is 7.66. The predicted octanol–water partition coefficient (Wildman–Crippen LogP) is 2.99. The fourth-order valence-corrected chi connectivity index (χ4v) is 2.98. The first-order valence-corrected chi connectivity index (χ1v) is 9.01. The molecule has 0 aliphatic carbocycles. The number of benzene rings is 1. The van der Waals surface area contributed by atoms with Gasteiger partial charge < -0.3 is 20.1 Å². The molecule has 28 heavy (non-hydrogen) atoms. The quantitative estimate of drug-likeness (QED) is 0.742. The van der Waals surface area contributed by atoms with E-state index in [1.165, 1.54) is 6.33 Å². The number of ether oxygens (including phenoxy) is 2. The van der Waals surface area contributed by atoms with E-state index in [1.807, 2.05) is 51.1 Å². The first-order valence-electron chi connectivity index (χ1n) is 9.01. The van der Waals surface area contributed by atoms with Gasteiger partial charge >= 0.3 is 6.09 Å². The van der Waals surface area contributed by atoms with Crippen LogP contribution in [0, 0.1) is 0 Å². The zero-order valence-electron chi connectivity index (χ0n) is 16.0. The summed E-state index contributed by atoms with van der Waals surface area (Å²) in [7, 11) is 0. The largest absolute Gasteiger partial charge is 0.444 e. The minimum absolute atomic E-state index is 0.0440. The molecule has 146 valence electrons. The van der Waals surface area contributed by atoms with Gasteiger partial charge in [0.25, 0.3) is 5.88 Å². The Kier molecular flexibility index (Phi) is 4.29. The van der Waals surface area contributed by atoms with E-state index in [4.69, 9.17) is 15.2 Å². The molecule has 2 N–H and O–H groups in total. The number of hydrogen-bond acceptors (Lipinski definition) is 7. The van der Waals surface area contributed by atoms with Crippen molar-refractivity contribution in [3.63, 3.8) is 0 Å². The highest BCUT2D eigenvalue weighted by Crippen LogP contribution is 2.34. The number of anilines is 1. The zero-order valence-corrected chi connectivity index (χ0v) is 16.0. The van der Waals surface area contributed by atoms with Crippen molar-refractivity contribution in [2.45, 2.75) is 32.4 Å². The molecule has 0 atom stereocenters. The third-order valence-electron chi connectivity index (χ3n) is 4.30. The summed E-state index contributed by atoms with van der Waals surface area (Å²) in [5.41, 5.74) is 6.11. The Labute approximate surface area is 162 Å². The number of nitrogen functional groups attached to an aromatic ring is 1. The van der Waals surface area contributed by atoms with Crippen LogP contribution in [-0.4, -0.2) is 49.4 Å². The molecule has 2 aromatic heterocycles. The molecular formula is C19H22N6O3. The number of carbonyl (C=O) groups excluding carboxylic acids is 1. The van der Waals surface area contributed by atoms with E-state index in [0.717, 1.165) is 0 Å². The number of nitrogens with two attached hydrogens (primary N) is 1. The number of amides is 1. The number of carbonyl (C=O) groups is 1. The smallest absolute Gasteiger partial charge is 0.410 e. The lowest BCUT2D eigenvalue weighted by atomic mass is 10.1. The SMILES string of the molecule is CC(C)(C)OC(=O)N1CC(n2nc(Oc3ccccc3)c3c(N)ncnc32)C1. The van der Waals surface area contributed by atoms with Crippen molar-refractivity contribution >= 4 is 22.9 Å². The summed E-state index contributed by atoms with van der Waals surface area (Å²) in [5.74, 6) is 1.28. The Balaban J connectivity index is 1.59. The van der Waals surface area contributed by atoms with Crippen LogP contribution < -0.4 is 10.5 Å². The molecule has 3 heterocycles. The lowest BCUT2D eigenvalue weighted by Crippen LogP contribution is -2.52. The highest BCUT2D eigenvalue weighted by atomic mass is 16.6. The fraction of sp³-hybridized carbons (Fsp3) is 0.368. The van der Waals surface area contributed by atoms with Crippen molar-refractivity contribution in [2.75, 3.05) is 18.8 Å². The average molecular weight is 382 g/mol. The molecule has 1 aliphatic heterocycles. The van der Waals surface area contributed by atoms with Crippen LogP contribution in [0.2, 0.25) is 0 Å². The molecule has 1 saturated heterocycles. The maximum atomic E-state index is 12.2. The highest BCUT2D eigenvalue weighted by Gasteiger charge is 2.37. The van der Waals surface area contributed by atoms with Gasteiger partial charge in [-0.05, 0) is 32.9 Å². The summed E-state index contributed by atoms with van der Waals surface area (Å²) in [6, 6.07) is 9.27. The van der Waals surface area contributed by atoms with Crippen molar-refractivity contribution in [3.8, 4) is 11.6 Å². The van der Waals surface area contributed by atoms with Crippen LogP contribution in [0.25, 0.3) is 11.0 Å². The van der Waals surface area contributed by atoms with Crippen LogP contribution in [0.1, 0.15) is 26.8 Å². The summed E-state index contributed by atoms with van der Waals surface area (Å²) < 4.78 is 13.1. The molecule has 1 aromatic carbocycles. The first-order chi connectivity index (χ1) is 13.3. The predicted molar refractivity (Wildman–Crippen MR) is 103 cm³/mol. The van der Waals surface area contributed by atoms with Gasteiger partial charge in [-0.15, -0.1) is 5.10 Å².